The number of anilines is 1. The van der Waals surface area contributed by atoms with Crippen molar-refractivity contribution in [1.82, 2.24) is 0 Å². The number of nitrogens with two attached hydrogens (primary N) is 1. The summed E-state index contributed by atoms with van der Waals surface area (Å²) in [7, 11) is 4.34. The highest BCUT2D eigenvalue weighted by Crippen LogP contribution is 2.43. The smallest absolute Gasteiger partial charge is 0.344 e. The number of nitrogen functional groups attached to an aromatic ring is 1. The van der Waals surface area contributed by atoms with Crippen molar-refractivity contribution in [3.63, 3.8) is 0 Å². The predicted molar refractivity (Wildman–Crippen MR) is 66.5 cm³/mol. The Morgan fingerprint density at radius 3 is 2.22 bits per heavy atom. The first-order valence-corrected chi connectivity index (χ1v) is 5.36. The lowest BCUT2D eigenvalue weighted by Gasteiger charge is -2.16. The van der Waals surface area contributed by atoms with Gasteiger partial charge in [0.15, 0.2) is 11.5 Å². The fourth-order valence-electron chi connectivity index (χ4n) is 1.59. The Morgan fingerprint density at radius 1 is 1.17 bits per heavy atom. The molecule has 1 aromatic carbocycles. The molecule has 0 aromatic heterocycles. The molecule has 0 atom stereocenters. The standard InChI is InChI=1S/C12H17NO5/c1-5-18-12(14)9-7(13)6-8(15-2)10(16-3)11(9)17-4/h6H,5,13H2,1-4H3. The number of carbonyl (C=O) groups is 1. The highest BCUT2D eigenvalue weighted by Gasteiger charge is 2.25. The number of hydrogen-bond donors (Lipinski definition) is 1. The summed E-state index contributed by atoms with van der Waals surface area (Å²) in [6, 6.07) is 1.49. The van der Waals surface area contributed by atoms with Gasteiger partial charge in [-0.1, -0.05) is 0 Å². The molecule has 18 heavy (non-hydrogen) atoms. The molecular formula is C12H17NO5. The van der Waals surface area contributed by atoms with Crippen LogP contribution in [0.15, 0.2) is 6.07 Å². The third-order valence-corrected chi connectivity index (χ3v) is 2.34. The van der Waals surface area contributed by atoms with Gasteiger partial charge in [-0.25, -0.2) is 4.79 Å². The molecule has 0 aliphatic heterocycles. The van der Waals surface area contributed by atoms with E-state index in [4.69, 9.17) is 24.7 Å². The van der Waals surface area contributed by atoms with E-state index in [1.54, 1.807) is 6.92 Å². The van der Waals surface area contributed by atoms with Gasteiger partial charge in [0.1, 0.15) is 5.56 Å². The molecule has 0 fully saturated rings. The van der Waals surface area contributed by atoms with Crippen molar-refractivity contribution in [1.29, 1.82) is 0 Å². The molecule has 0 unspecified atom stereocenters. The summed E-state index contributed by atoms with van der Waals surface area (Å²) in [6.45, 7) is 1.96. The van der Waals surface area contributed by atoms with Gasteiger partial charge >= 0.3 is 5.97 Å². The second-order valence-electron chi connectivity index (χ2n) is 3.33. The molecule has 0 radical (unpaired) electrons. The van der Waals surface area contributed by atoms with Gasteiger partial charge in [0.2, 0.25) is 5.75 Å². The Kier molecular flexibility index (Phi) is 4.65. The summed E-state index contributed by atoms with van der Waals surface area (Å²) in [5.41, 5.74) is 6.16. The lowest BCUT2D eigenvalue weighted by molar-refractivity contribution is 0.0523. The first-order chi connectivity index (χ1) is 8.60. The van der Waals surface area contributed by atoms with Gasteiger partial charge in [0.05, 0.1) is 33.6 Å². The Hall–Kier alpha value is -2.11. The van der Waals surface area contributed by atoms with Crippen LogP contribution in [0.2, 0.25) is 0 Å². The highest BCUT2D eigenvalue weighted by atomic mass is 16.5. The lowest BCUT2D eigenvalue weighted by Crippen LogP contribution is -2.11. The molecule has 0 bridgehead atoms. The zero-order valence-electron chi connectivity index (χ0n) is 10.9. The van der Waals surface area contributed by atoms with Crippen LogP contribution in [0.4, 0.5) is 5.69 Å². The van der Waals surface area contributed by atoms with Crippen molar-refractivity contribution in [2.24, 2.45) is 0 Å². The SMILES string of the molecule is CCOC(=O)c1c(N)cc(OC)c(OC)c1OC. The number of carbonyl (C=O) groups excluding carboxylic acids is 1. The van der Waals surface area contributed by atoms with Crippen LogP contribution >= 0.6 is 0 Å². The van der Waals surface area contributed by atoms with Crippen molar-refractivity contribution in [2.75, 3.05) is 33.7 Å². The topological polar surface area (TPSA) is 80.0 Å². The Morgan fingerprint density at radius 2 is 1.78 bits per heavy atom. The average Bonchev–Trinajstić information content (AvgIpc) is 2.37. The second-order valence-corrected chi connectivity index (χ2v) is 3.33. The first kappa shape index (κ1) is 14.0. The van der Waals surface area contributed by atoms with Gasteiger partial charge in [-0.15, -0.1) is 0 Å². The van der Waals surface area contributed by atoms with E-state index < -0.39 is 5.97 Å². The Balaban J connectivity index is 3.45. The van der Waals surface area contributed by atoms with Crippen LogP contribution in [-0.2, 0) is 4.74 Å². The Labute approximate surface area is 106 Å². The molecule has 0 spiro atoms. The van der Waals surface area contributed by atoms with Gasteiger partial charge in [0.25, 0.3) is 0 Å². The van der Waals surface area contributed by atoms with Crippen LogP contribution < -0.4 is 19.9 Å². The monoisotopic (exact) mass is 255 g/mol. The number of ether oxygens (including phenoxy) is 4. The van der Waals surface area contributed by atoms with Crippen LogP contribution in [-0.4, -0.2) is 33.9 Å². The summed E-state index contributed by atoms with van der Waals surface area (Å²) in [5.74, 6) is 0.331. The molecule has 1 aromatic rings. The molecule has 6 heteroatoms. The molecular weight excluding hydrogens is 238 g/mol. The molecule has 0 aliphatic rings. The van der Waals surface area contributed by atoms with E-state index in [0.717, 1.165) is 0 Å². The summed E-state index contributed by atoms with van der Waals surface area (Å²) in [6.07, 6.45) is 0. The molecule has 0 saturated heterocycles. The van der Waals surface area contributed by atoms with E-state index in [9.17, 15) is 4.79 Å². The average molecular weight is 255 g/mol. The van der Waals surface area contributed by atoms with Crippen LogP contribution in [0, 0.1) is 0 Å². The van der Waals surface area contributed by atoms with Crippen molar-refractivity contribution < 1.29 is 23.7 Å². The van der Waals surface area contributed by atoms with Crippen molar-refractivity contribution in [2.45, 2.75) is 6.92 Å². The number of benzene rings is 1. The van der Waals surface area contributed by atoms with Gasteiger partial charge in [-0.3, -0.25) is 0 Å². The van der Waals surface area contributed by atoms with E-state index in [1.165, 1.54) is 27.4 Å². The molecule has 6 nitrogen and oxygen atoms in total. The van der Waals surface area contributed by atoms with Crippen molar-refractivity contribution in [3.05, 3.63) is 11.6 Å². The minimum atomic E-state index is -0.562. The minimum absolute atomic E-state index is 0.136. The number of rotatable bonds is 5. The molecule has 100 valence electrons. The van der Waals surface area contributed by atoms with Gasteiger partial charge < -0.3 is 24.7 Å². The highest BCUT2D eigenvalue weighted by molar-refractivity contribution is 6.00. The maximum Gasteiger partial charge on any atom is 0.344 e. The maximum absolute atomic E-state index is 11.8. The third kappa shape index (κ3) is 2.42. The second kappa shape index (κ2) is 6.00. The molecule has 0 heterocycles. The zero-order chi connectivity index (χ0) is 13.7. The van der Waals surface area contributed by atoms with Crippen LogP contribution in [0.5, 0.6) is 17.2 Å². The van der Waals surface area contributed by atoms with E-state index >= 15 is 0 Å². The fourth-order valence-corrected chi connectivity index (χ4v) is 1.59. The van der Waals surface area contributed by atoms with E-state index in [1.807, 2.05) is 0 Å². The lowest BCUT2D eigenvalue weighted by atomic mass is 10.1. The third-order valence-electron chi connectivity index (χ3n) is 2.34. The van der Waals surface area contributed by atoms with Gasteiger partial charge in [0, 0.05) is 6.07 Å². The van der Waals surface area contributed by atoms with E-state index in [0.29, 0.717) is 11.5 Å². The van der Waals surface area contributed by atoms with Crippen LogP contribution in [0.3, 0.4) is 0 Å². The summed E-state index contributed by atoms with van der Waals surface area (Å²) in [5, 5.41) is 0. The fraction of sp³-hybridized carbons (Fsp3) is 0.417. The molecule has 0 aliphatic carbocycles. The molecule has 2 N–H and O–H groups in total. The first-order valence-electron chi connectivity index (χ1n) is 5.36. The van der Waals surface area contributed by atoms with Crippen molar-refractivity contribution >= 4 is 11.7 Å². The molecule has 1 rings (SSSR count). The van der Waals surface area contributed by atoms with E-state index in [2.05, 4.69) is 0 Å². The zero-order valence-corrected chi connectivity index (χ0v) is 10.9. The van der Waals surface area contributed by atoms with E-state index in [-0.39, 0.29) is 23.6 Å². The normalized spacial score (nSPS) is 9.78. The summed E-state index contributed by atoms with van der Waals surface area (Å²) in [4.78, 5) is 11.8. The minimum Gasteiger partial charge on any atom is -0.493 e. The van der Waals surface area contributed by atoms with Gasteiger partial charge in [-0.2, -0.15) is 0 Å². The molecule has 0 saturated carbocycles. The maximum atomic E-state index is 11.8. The summed E-state index contributed by atoms with van der Waals surface area (Å²) < 4.78 is 20.4. The number of hydrogen-bond acceptors (Lipinski definition) is 6. The number of methoxy groups -OCH3 is 3. The van der Waals surface area contributed by atoms with Crippen molar-refractivity contribution in [3.8, 4) is 17.2 Å². The van der Waals surface area contributed by atoms with Gasteiger partial charge in [-0.05, 0) is 6.92 Å². The number of esters is 1. The molecule has 0 amide bonds. The Bertz CT molecular complexity index is 445. The predicted octanol–water partition coefficient (Wildman–Crippen LogP) is 1.47. The quantitative estimate of drug-likeness (QED) is 0.634. The van der Waals surface area contributed by atoms with Crippen LogP contribution in [0.25, 0.3) is 0 Å². The van der Waals surface area contributed by atoms with Crippen LogP contribution in [0.1, 0.15) is 17.3 Å². The largest absolute Gasteiger partial charge is 0.493 e. The summed E-state index contributed by atoms with van der Waals surface area (Å²) >= 11 is 0.